The van der Waals surface area contributed by atoms with Gasteiger partial charge < -0.3 is 10.2 Å². The van der Waals surface area contributed by atoms with Crippen LogP contribution in [0.25, 0.3) is 0 Å². The first kappa shape index (κ1) is 15.3. The van der Waals surface area contributed by atoms with Gasteiger partial charge in [0.05, 0.1) is 0 Å². The van der Waals surface area contributed by atoms with E-state index < -0.39 is 0 Å². The highest BCUT2D eigenvalue weighted by Gasteiger charge is 2.09. The van der Waals surface area contributed by atoms with E-state index in [0.717, 1.165) is 24.1 Å². The molecule has 0 saturated heterocycles. The zero-order valence-electron chi connectivity index (χ0n) is 12.1. The summed E-state index contributed by atoms with van der Waals surface area (Å²) in [4.78, 5) is 13.0. The maximum atomic E-state index is 11.3. The Balaban J connectivity index is 2.72. The van der Waals surface area contributed by atoms with Crippen LogP contribution in [0.4, 0.5) is 5.69 Å². The van der Waals surface area contributed by atoms with Crippen LogP contribution in [0.5, 0.6) is 0 Å². The van der Waals surface area contributed by atoms with E-state index >= 15 is 0 Å². The molecule has 1 amide bonds. The fraction of sp³-hybridized carbons (Fsp3) is 0.438. The lowest BCUT2D eigenvalue weighted by Crippen LogP contribution is -2.24. The van der Waals surface area contributed by atoms with Gasteiger partial charge in [-0.15, -0.1) is 6.58 Å². The van der Waals surface area contributed by atoms with Crippen LogP contribution in [0.2, 0.25) is 0 Å². The first-order valence-electron chi connectivity index (χ1n) is 6.71. The van der Waals surface area contributed by atoms with Gasteiger partial charge in [0.2, 0.25) is 5.91 Å². The molecule has 0 saturated carbocycles. The van der Waals surface area contributed by atoms with Crippen molar-refractivity contribution in [3.8, 4) is 0 Å². The van der Waals surface area contributed by atoms with E-state index in [1.165, 1.54) is 0 Å². The standard InChI is InChI=1S/C16H24N2O/c1-5-6-9-13(2)17-16-11-8-7-10-15(16)12-18(4)14(3)19/h5,7-8,10-11,13,17H,1,6,9,12H2,2-4H3. The lowest BCUT2D eigenvalue weighted by atomic mass is 10.1. The molecule has 3 heteroatoms. The number of carbonyl (C=O) groups excluding carboxylic acids is 1. The minimum Gasteiger partial charge on any atom is -0.382 e. The van der Waals surface area contributed by atoms with Crippen LogP contribution in [-0.4, -0.2) is 23.9 Å². The minimum absolute atomic E-state index is 0.0782. The summed E-state index contributed by atoms with van der Waals surface area (Å²) in [7, 11) is 1.82. The molecule has 0 bridgehead atoms. The largest absolute Gasteiger partial charge is 0.382 e. The number of carbonyl (C=O) groups is 1. The maximum Gasteiger partial charge on any atom is 0.219 e. The molecule has 0 radical (unpaired) electrons. The van der Waals surface area contributed by atoms with Gasteiger partial charge in [0.15, 0.2) is 0 Å². The smallest absolute Gasteiger partial charge is 0.219 e. The van der Waals surface area contributed by atoms with Gasteiger partial charge in [-0.2, -0.15) is 0 Å². The number of benzene rings is 1. The summed E-state index contributed by atoms with van der Waals surface area (Å²) in [5.41, 5.74) is 2.25. The number of rotatable bonds is 7. The molecule has 19 heavy (non-hydrogen) atoms. The van der Waals surface area contributed by atoms with Gasteiger partial charge in [-0.05, 0) is 31.4 Å². The van der Waals surface area contributed by atoms with E-state index in [4.69, 9.17) is 0 Å². The van der Waals surface area contributed by atoms with Crippen molar-refractivity contribution >= 4 is 11.6 Å². The second-order valence-corrected chi connectivity index (χ2v) is 4.94. The number of allylic oxidation sites excluding steroid dienone is 1. The maximum absolute atomic E-state index is 11.3. The average Bonchev–Trinajstić information content (AvgIpc) is 2.38. The number of amides is 1. The molecule has 0 aromatic heterocycles. The Hall–Kier alpha value is -1.77. The first-order chi connectivity index (χ1) is 9.04. The molecular weight excluding hydrogens is 236 g/mol. The van der Waals surface area contributed by atoms with Crippen molar-refractivity contribution in [2.24, 2.45) is 0 Å². The van der Waals surface area contributed by atoms with Crippen molar-refractivity contribution in [3.05, 3.63) is 42.5 Å². The molecule has 104 valence electrons. The third-order valence-electron chi connectivity index (χ3n) is 3.17. The van der Waals surface area contributed by atoms with Gasteiger partial charge in [0.1, 0.15) is 0 Å². The summed E-state index contributed by atoms with van der Waals surface area (Å²) in [6, 6.07) is 8.53. The van der Waals surface area contributed by atoms with Gasteiger partial charge in [-0.25, -0.2) is 0 Å². The summed E-state index contributed by atoms with van der Waals surface area (Å²) in [5.74, 6) is 0.0782. The quantitative estimate of drug-likeness (QED) is 0.762. The van der Waals surface area contributed by atoms with Gasteiger partial charge in [0.25, 0.3) is 0 Å². The Labute approximate surface area is 116 Å². The molecule has 0 spiro atoms. The Bertz CT molecular complexity index is 429. The van der Waals surface area contributed by atoms with E-state index in [1.54, 1.807) is 11.8 Å². The molecule has 0 aliphatic carbocycles. The Morgan fingerprint density at radius 1 is 1.47 bits per heavy atom. The Kier molecular flexibility index (Phi) is 6.13. The van der Waals surface area contributed by atoms with Gasteiger partial charge in [0, 0.05) is 32.2 Å². The minimum atomic E-state index is 0.0782. The summed E-state index contributed by atoms with van der Waals surface area (Å²) >= 11 is 0. The van der Waals surface area contributed by atoms with Crippen molar-refractivity contribution in [2.45, 2.75) is 39.3 Å². The molecule has 0 fully saturated rings. The SMILES string of the molecule is C=CCCC(C)Nc1ccccc1CN(C)C(C)=O. The van der Waals surface area contributed by atoms with Crippen LogP contribution in [-0.2, 0) is 11.3 Å². The fourth-order valence-corrected chi connectivity index (χ4v) is 1.87. The van der Waals surface area contributed by atoms with Crippen molar-refractivity contribution in [1.29, 1.82) is 0 Å². The molecule has 3 nitrogen and oxygen atoms in total. The summed E-state index contributed by atoms with van der Waals surface area (Å²) in [5, 5.41) is 3.50. The zero-order chi connectivity index (χ0) is 14.3. The number of hydrogen-bond acceptors (Lipinski definition) is 2. The number of nitrogens with one attached hydrogen (secondary N) is 1. The number of para-hydroxylation sites is 1. The van der Waals surface area contributed by atoms with Crippen molar-refractivity contribution < 1.29 is 4.79 Å². The summed E-state index contributed by atoms with van der Waals surface area (Å²) < 4.78 is 0. The Morgan fingerprint density at radius 2 is 2.16 bits per heavy atom. The molecule has 0 aliphatic heterocycles. The average molecular weight is 260 g/mol. The normalized spacial score (nSPS) is 11.7. The molecule has 1 unspecified atom stereocenters. The molecule has 1 rings (SSSR count). The fourth-order valence-electron chi connectivity index (χ4n) is 1.87. The van der Waals surface area contributed by atoms with E-state index in [-0.39, 0.29) is 5.91 Å². The summed E-state index contributed by atoms with van der Waals surface area (Å²) in [6.07, 6.45) is 4.00. The van der Waals surface area contributed by atoms with Gasteiger partial charge >= 0.3 is 0 Å². The molecule has 0 aliphatic rings. The Morgan fingerprint density at radius 3 is 2.79 bits per heavy atom. The molecule has 1 N–H and O–H groups in total. The van der Waals surface area contributed by atoms with E-state index in [2.05, 4.69) is 31.0 Å². The number of anilines is 1. The second-order valence-electron chi connectivity index (χ2n) is 4.94. The van der Waals surface area contributed by atoms with E-state index in [0.29, 0.717) is 12.6 Å². The van der Waals surface area contributed by atoms with Crippen LogP contribution < -0.4 is 5.32 Å². The van der Waals surface area contributed by atoms with Crippen LogP contribution >= 0.6 is 0 Å². The summed E-state index contributed by atoms with van der Waals surface area (Å²) in [6.45, 7) is 8.12. The number of hydrogen-bond donors (Lipinski definition) is 1. The van der Waals surface area contributed by atoms with Crippen molar-refractivity contribution in [2.75, 3.05) is 12.4 Å². The lowest BCUT2D eigenvalue weighted by molar-refractivity contribution is -0.128. The number of nitrogens with zero attached hydrogens (tertiary/aromatic N) is 1. The third-order valence-corrected chi connectivity index (χ3v) is 3.17. The monoisotopic (exact) mass is 260 g/mol. The van der Waals surface area contributed by atoms with Crippen LogP contribution in [0.3, 0.4) is 0 Å². The zero-order valence-corrected chi connectivity index (χ0v) is 12.1. The first-order valence-corrected chi connectivity index (χ1v) is 6.71. The highest BCUT2D eigenvalue weighted by molar-refractivity contribution is 5.73. The second kappa shape index (κ2) is 7.62. The van der Waals surface area contributed by atoms with Gasteiger partial charge in [-0.3, -0.25) is 4.79 Å². The highest BCUT2D eigenvalue weighted by atomic mass is 16.2. The van der Waals surface area contributed by atoms with Crippen LogP contribution in [0.15, 0.2) is 36.9 Å². The molecule has 1 aromatic rings. The lowest BCUT2D eigenvalue weighted by Gasteiger charge is -2.21. The van der Waals surface area contributed by atoms with Crippen LogP contribution in [0, 0.1) is 0 Å². The van der Waals surface area contributed by atoms with Gasteiger partial charge in [-0.1, -0.05) is 24.3 Å². The predicted octanol–water partition coefficient (Wildman–Crippen LogP) is 3.43. The van der Waals surface area contributed by atoms with Crippen molar-refractivity contribution in [3.63, 3.8) is 0 Å². The topological polar surface area (TPSA) is 32.3 Å². The van der Waals surface area contributed by atoms with E-state index in [9.17, 15) is 4.79 Å². The molecule has 1 atom stereocenters. The van der Waals surface area contributed by atoms with E-state index in [1.807, 2.05) is 25.3 Å². The highest BCUT2D eigenvalue weighted by Crippen LogP contribution is 2.18. The predicted molar refractivity (Wildman–Crippen MR) is 81.1 cm³/mol. The third kappa shape index (κ3) is 5.16. The molecular formula is C16H24N2O. The van der Waals surface area contributed by atoms with Crippen molar-refractivity contribution in [1.82, 2.24) is 4.90 Å². The van der Waals surface area contributed by atoms with Crippen LogP contribution in [0.1, 0.15) is 32.3 Å². The molecule has 1 aromatic carbocycles. The molecule has 0 heterocycles.